The second-order valence-corrected chi connectivity index (χ2v) is 9.77. The molecule has 1 saturated carbocycles. The third kappa shape index (κ3) is 7.07. The lowest BCUT2D eigenvalue weighted by Gasteiger charge is -2.25. The van der Waals surface area contributed by atoms with E-state index in [1.165, 1.54) is 19.3 Å². The SMILES string of the molecule is CCOC(=O)C(OC(C)C)C(O)c1cc(C)c(OCCc2nc(C3CCCCC3)oc2C)c(C)c1. The molecule has 0 spiro atoms. The van der Waals surface area contributed by atoms with Crippen molar-refractivity contribution in [3.8, 4) is 5.75 Å². The molecule has 1 aliphatic rings. The molecule has 1 fully saturated rings. The van der Waals surface area contributed by atoms with Gasteiger partial charge in [-0.1, -0.05) is 19.3 Å². The molecule has 1 heterocycles. The Morgan fingerprint density at radius 2 is 1.80 bits per heavy atom. The fourth-order valence-corrected chi connectivity index (χ4v) is 4.79. The van der Waals surface area contributed by atoms with Crippen molar-refractivity contribution in [1.82, 2.24) is 4.98 Å². The fraction of sp³-hybridized carbons (Fsp3) is 0.643. The monoisotopic (exact) mass is 487 g/mol. The minimum atomic E-state index is -1.14. The van der Waals surface area contributed by atoms with Crippen LogP contribution in [0, 0.1) is 20.8 Å². The second-order valence-electron chi connectivity index (χ2n) is 9.77. The summed E-state index contributed by atoms with van der Waals surface area (Å²) < 4.78 is 22.9. The molecule has 0 bridgehead atoms. The Morgan fingerprint density at radius 3 is 2.40 bits per heavy atom. The molecular formula is C28H41NO6. The Bertz CT molecular complexity index is 953. The number of nitrogens with zero attached hydrogens (tertiary/aromatic N) is 1. The molecule has 3 rings (SSSR count). The number of rotatable bonds is 11. The van der Waals surface area contributed by atoms with Crippen LogP contribution in [0.4, 0.5) is 0 Å². The van der Waals surface area contributed by atoms with Crippen molar-refractivity contribution in [2.24, 2.45) is 0 Å². The molecule has 1 aromatic heterocycles. The van der Waals surface area contributed by atoms with E-state index >= 15 is 0 Å². The summed E-state index contributed by atoms with van der Waals surface area (Å²) in [6.45, 7) is 11.9. The van der Waals surface area contributed by atoms with Gasteiger partial charge in [-0.25, -0.2) is 9.78 Å². The van der Waals surface area contributed by atoms with Crippen molar-refractivity contribution in [1.29, 1.82) is 0 Å². The van der Waals surface area contributed by atoms with E-state index in [0.29, 0.717) is 24.5 Å². The normalized spacial score (nSPS) is 16.3. The standard InChI is InChI=1S/C28H41NO6/c1-7-32-28(31)26(34-17(2)3)24(30)22-15-18(4)25(19(5)16-22)33-14-13-23-20(6)35-27(29-23)21-11-9-8-10-12-21/h15-17,21,24,26,30H,7-14H2,1-6H3. The molecule has 7 heteroatoms. The Kier molecular flexibility index (Phi) is 9.75. The summed E-state index contributed by atoms with van der Waals surface area (Å²) in [7, 11) is 0. The number of carbonyl (C=O) groups excluding carboxylic acids is 1. The first-order valence-corrected chi connectivity index (χ1v) is 12.9. The van der Waals surface area contributed by atoms with Crippen molar-refractivity contribution in [2.45, 2.75) is 104 Å². The van der Waals surface area contributed by atoms with Gasteiger partial charge in [0.05, 0.1) is 25.0 Å². The molecule has 194 valence electrons. The van der Waals surface area contributed by atoms with E-state index in [-0.39, 0.29) is 12.7 Å². The Balaban J connectivity index is 1.66. The summed E-state index contributed by atoms with van der Waals surface area (Å²) in [5.74, 6) is 2.39. The largest absolute Gasteiger partial charge is 0.493 e. The highest BCUT2D eigenvalue weighted by molar-refractivity contribution is 5.76. The summed E-state index contributed by atoms with van der Waals surface area (Å²) in [6.07, 6.45) is 4.32. The van der Waals surface area contributed by atoms with Gasteiger partial charge < -0.3 is 23.7 Å². The number of hydrogen-bond donors (Lipinski definition) is 1. The Hall–Kier alpha value is -2.38. The van der Waals surface area contributed by atoms with Crippen LogP contribution in [0.15, 0.2) is 16.5 Å². The van der Waals surface area contributed by atoms with Crippen molar-refractivity contribution >= 4 is 5.97 Å². The van der Waals surface area contributed by atoms with Gasteiger partial charge in [-0.2, -0.15) is 0 Å². The molecule has 1 aliphatic carbocycles. The molecule has 0 saturated heterocycles. The maximum atomic E-state index is 12.4. The first-order chi connectivity index (χ1) is 16.7. The highest BCUT2D eigenvalue weighted by atomic mass is 16.6. The maximum absolute atomic E-state index is 12.4. The third-order valence-electron chi connectivity index (χ3n) is 6.50. The minimum absolute atomic E-state index is 0.224. The Morgan fingerprint density at radius 1 is 1.14 bits per heavy atom. The maximum Gasteiger partial charge on any atom is 0.338 e. The first kappa shape index (κ1) is 27.2. The zero-order valence-electron chi connectivity index (χ0n) is 22.1. The van der Waals surface area contributed by atoms with Gasteiger partial charge >= 0.3 is 5.97 Å². The number of oxazole rings is 1. The molecule has 1 aromatic carbocycles. The Labute approximate surface area is 209 Å². The molecular weight excluding hydrogens is 446 g/mol. The summed E-state index contributed by atoms with van der Waals surface area (Å²) >= 11 is 0. The van der Waals surface area contributed by atoms with Crippen LogP contribution in [0.2, 0.25) is 0 Å². The van der Waals surface area contributed by atoms with Crippen molar-refractivity contribution in [3.63, 3.8) is 0 Å². The van der Waals surface area contributed by atoms with Crippen LogP contribution in [-0.2, 0) is 20.7 Å². The number of esters is 1. The summed E-state index contributed by atoms with van der Waals surface area (Å²) in [5, 5.41) is 10.9. The van der Waals surface area contributed by atoms with E-state index in [9.17, 15) is 9.90 Å². The zero-order chi connectivity index (χ0) is 25.5. The van der Waals surface area contributed by atoms with Crippen LogP contribution in [0.3, 0.4) is 0 Å². The lowest BCUT2D eigenvalue weighted by atomic mass is 9.89. The van der Waals surface area contributed by atoms with E-state index in [0.717, 1.165) is 47.1 Å². The van der Waals surface area contributed by atoms with Gasteiger partial charge in [-0.15, -0.1) is 0 Å². The van der Waals surface area contributed by atoms with Crippen LogP contribution < -0.4 is 4.74 Å². The highest BCUT2D eigenvalue weighted by Gasteiger charge is 2.32. The molecule has 0 radical (unpaired) electrons. The van der Waals surface area contributed by atoms with Crippen molar-refractivity contribution in [2.75, 3.05) is 13.2 Å². The van der Waals surface area contributed by atoms with E-state index in [1.54, 1.807) is 6.92 Å². The lowest BCUT2D eigenvalue weighted by Crippen LogP contribution is -2.35. The second kappa shape index (κ2) is 12.5. The van der Waals surface area contributed by atoms with E-state index in [2.05, 4.69) is 0 Å². The molecule has 0 aliphatic heterocycles. The topological polar surface area (TPSA) is 91.0 Å². The molecule has 2 atom stereocenters. The zero-order valence-corrected chi connectivity index (χ0v) is 22.1. The van der Waals surface area contributed by atoms with Gasteiger partial charge in [-0.3, -0.25) is 0 Å². The predicted octanol–water partition coefficient (Wildman–Crippen LogP) is 5.66. The van der Waals surface area contributed by atoms with Crippen LogP contribution in [0.1, 0.15) is 98.9 Å². The van der Waals surface area contributed by atoms with Gasteiger partial charge in [0.25, 0.3) is 0 Å². The molecule has 7 nitrogen and oxygen atoms in total. The van der Waals surface area contributed by atoms with Crippen LogP contribution in [0.5, 0.6) is 5.75 Å². The first-order valence-electron chi connectivity index (χ1n) is 12.9. The molecule has 0 amide bonds. The number of carbonyl (C=O) groups is 1. The summed E-state index contributed by atoms with van der Waals surface area (Å²) in [5.41, 5.74) is 3.31. The number of aromatic nitrogens is 1. The smallest absolute Gasteiger partial charge is 0.338 e. The molecule has 35 heavy (non-hydrogen) atoms. The van der Waals surface area contributed by atoms with Gasteiger partial charge in [0.2, 0.25) is 0 Å². The lowest BCUT2D eigenvalue weighted by molar-refractivity contribution is -0.169. The van der Waals surface area contributed by atoms with Gasteiger partial charge in [0, 0.05) is 12.3 Å². The minimum Gasteiger partial charge on any atom is -0.493 e. The molecule has 2 aromatic rings. The average molecular weight is 488 g/mol. The molecule has 2 unspecified atom stereocenters. The number of ether oxygens (including phenoxy) is 3. The summed E-state index contributed by atoms with van der Waals surface area (Å²) in [4.78, 5) is 17.2. The number of aliphatic hydroxyl groups excluding tert-OH is 1. The third-order valence-corrected chi connectivity index (χ3v) is 6.50. The predicted molar refractivity (Wildman–Crippen MR) is 134 cm³/mol. The number of hydrogen-bond acceptors (Lipinski definition) is 7. The van der Waals surface area contributed by atoms with Crippen LogP contribution in [-0.4, -0.2) is 41.5 Å². The molecule has 1 N–H and O–H groups in total. The van der Waals surface area contributed by atoms with E-state index in [1.807, 2.05) is 46.8 Å². The highest BCUT2D eigenvalue weighted by Crippen LogP contribution is 2.33. The van der Waals surface area contributed by atoms with Crippen LogP contribution >= 0.6 is 0 Å². The number of benzene rings is 1. The quantitative estimate of drug-likeness (QED) is 0.409. The van der Waals surface area contributed by atoms with Crippen molar-refractivity contribution in [3.05, 3.63) is 46.2 Å². The van der Waals surface area contributed by atoms with Crippen LogP contribution in [0.25, 0.3) is 0 Å². The summed E-state index contributed by atoms with van der Waals surface area (Å²) in [6, 6.07) is 3.68. The van der Waals surface area contributed by atoms with E-state index < -0.39 is 18.2 Å². The van der Waals surface area contributed by atoms with Crippen molar-refractivity contribution < 1.29 is 28.5 Å². The fourth-order valence-electron chi connectivity index (χ4n) is 4.79. The number of aryl methyl sites for hydroxylation is 3. The van der Waals surface area contributed by atoms with Gasteiger partial charge in [0.1, 0.15) is 17.6 Å². The van der Waals surface area contributed by atoms with Gasteiger partial charge in [0.15, 0.2) is 12.0 Å². The average Bonchev–Trinajstić information content (AvgIpc) is 3.19. The number of aliphatic hydroxyl groups is 1. The van der Waals surface area contributed by atoms with Gasteiger partial charge in [-0.05, 0) is 83.2 Å². The van der Waals surface area contributed by atoms with E-state index in [4.69, 9.17) is 23.6 Å².